The number of rotatable bonds is 3. The number of aromatic hydroxyl groups is 1. The van der Waals surface area contributed by atoms with Crippen molar-refractivity contribution >= 4 is 34.7 Å². The molecule has 41 heavy (non-hydrogen) atoms. The summed E-state index contributed by atoms with van der Waals surface area (Å²) in [5.41, 5.74) is 4.36. The highest BCUT2D eigenvalue weighted by Gasteiger charge is 2.69. The highest BCUT2D eigenvalue weighted by molar-refractivity contribution is 6.32. The number of amides is 1. The zero-order valence-corrected chi connectivity index (χ0v) is 23.0. The third kappa shape index (κ3) is 4.13. The molecule has 5 rings (SSSR count). The molecule has 0 saturated heterocycles. The number of fused-ring (bicyclic) bond motifs is 3. The fourth-order valence-electron chi connectivity index (χ4n) is 6.72. The fourth-order valence-corrected chi connectivity index (χ4v) is 6.72. The van der Waals surface area contributed by atoms with Crippen molar-refractivity contribution in [2.45, 2.75) is 24.5 Å². The Morgan fingerprint density at radius 2 is 1.83 bits per heavy atom. The normalized spacial score (nSPS) is 28.8. The number of benzene rings is 1. The second-order valence-corrected chi connectivity index (χ2v) is 11.3. The minimum Gasteiger partial charge on any atom is -0.506 e. The van der Waals surface area contributed by atoms with Crippen LogP contribution >= 0.6 is 0 Å². The van der Waals surface area contributed by atoms with Gasteiger partial charge in [-0.05, 0) is 56.6 Å². The minimum atomic E-state index is -2.77. The minimum absolute atomic E-state index is 0.0138. The third-order valence-electron chi connectivity index (χ3n) is 8.52. The number of aromatic nitrogens is 1. The van der Waals surface area contributed by atoms with Crippen LogP contribution in [0.2, 0.25) is 0 Å². The first-order valence-corrected chi connectivity index (χ1v) is 13.1. The molecule has 11 nitrogen and oxygen atoms in total. The van der Waals surface area contributed by atoms with Gasteiger partial charge in [0.2, 0.25) is 5.91 Å². The third-order valence-corrected chi connectivity index (χ3v) is 8.52. The summed E-state index contributed by atoms with van der Waals surface area (Å²) in [4.78, 5) is 74.1. The molecule has 0 spiro atoms. The Kier molecular flexibility index (Phi) is 6.80. The maximum absolute atomic E-state index is 14.1. The van der Waals surface area contributed by atoms with E-state index in [9.17, 15) is 34.2 Å². The zero-order valence-electron chi connectivity index (χ0n) is 23.0. The van der Waals surface area contributed by atoms with Gasteiger partial charge in [-0.15, -0.1) is 0 Å². The van der Waals surface area contributed by atoms with Gasteiger partial charge in [0.05, 0.1) is 23.1 Å². The first kappa shape index (κ1) is 28.1. The van der Waals surface area contributed by atoms with Crippen LogP contribution in [0.5, 0.6) is 5.75 Å². The van der Waals surface area contributed by atoms with E-state index in [0.717, 1.165) is 0 Å². The molecule has 4 N–H and O–H groups in total. The molecule has 1 amide bonds. The van der Waals surface area contributed by atoms with Crippen LogP contribution in [0.3, 0.4) is 0 Å². The van der Waals surface area contributed by atoms with Gasteiger partial charge in [0.1, 0.15) is 5.75 Å². The van der Waals surface area contributed by atoms with Gasteiger partial charge >= 0.3 is 0 Å². The summed E-state index contributed by atoms with van der Waals surface area (Å²) < 4.78 is 0. The number of pyridine rings is 1. The number of likely N-dealkylation sites (N-methyl/N-ethyl adjacent to an activating group) is 1. The second kappa shape index (κ2) is 9.90. The maximum Gasteiger partial charge on any atom is 0.235 e. The maximum atomic E-state index is 14.1. The number of hydrogen-bond acceptors (Lipinski definition) is 10. The van der Waals surface area contributed by atoms with Crippen molar-refractivity contribution in [3.63, 3.8) is 0 Å². The molecule has 0 radical (unpaired) electrons. The molecule has 2 aromatic rings. The van der Waals surface area contributed by atoms with Crippen LogP contribution in [-0.2, 0) is 25.6 Å². The Hall–Kier alpha value is -4.40. The molecule has 3 aliphatic rings. The van der Waals surface area contributed by atoms with E-state index in [1.165, 1.54) is 4.90 Å². The molecular weight excluding hydrogens is 528 g/mol. The number of phenolic OH excluding ortho intramolecular Hbond substituents is 1. The van der Waals surface area contributed by atoms with E-state index in [1.54, 1.807) is 63.7 Å². The number of anilines is 1. The lowest BCUT2D eigenvalue weighted by Crippen LogP contribution is -2.74. The average molecular weight is 559 g/mol. The molecule has 1 aromatic carbocycles. The molecule has 0 aliphatic heterocycles. The highest BCUT2D eigenvalue weighted by Crippen LogP contribution is 2.52. The van der Waals surface area contributed by atoms with Crippen molar-refractivity contribution in [1.82, 2.24) is 9.88 Å². The van der Waals surface area contributed by atoms with Crippen molar-refractivity contribution in [2.75, 3.05) is 33.1 Å². The Balaban J connectivity index is 1.65. The van der Waals surface area contributed by atoms with Crippen molar-refractivity contribution in [3.05, 3.63) is 52.8 Å². The van der Waals surface area contributed by atoms with E-state index >= 15 is 0 Å². The lowest BCUT2D eigenvalue weighted by Gasteiger charge is -2.52. The van der Waals surface area contributed by atoms with Crippen molar-refractivity contribution in [1.29, 1.82) is 0 Å². The number of carbonyl (C=O) groups excluding carboxylic acids is 5. The number of nitrogens with two attached hydrogens (primary N) is 1. The van der Waals surface area contributed by atoms with Crippen LogP contribution in [0, 0.1) is 35.5 Å². The Labute approximate surface area is 236 Å². The van der Waals surface area contributed by atoms with Gasteiger partial charge in [0.25, 0.3) is 0 Å². The van der Waals surface area contributed by atoms with E-state index in [4.69, 9.17) is 5.73 Å². The molecule has 1 aromatic heterocycles. The van der Waals surface area contributed by atoms with Gasteiger partial charge in [0.15, 0.2) is 34.7 Å². The van der Waals surface area contributed by atoms with E-state index < -0.39 is 70.1 Å². The molecule has 1 heterocycles. The summed E-state index contributed by atoms with van der Waals surface area (Å²) in [6.07, 6.45) is 3.30. The summed E-state index contributed by atoms with van der Waals surface area (Å²) in [5.74, 6) is -5.12. The standard InChI is InChI=1S/C30H30N4O7/c1-33(2)19-12-15(8-7-14-6-5-9-32-13-14)24(35)21-17(19)10-16-11-18-23(34(3)4)26(37)22(29(31)40)28(39)30(18,41)27(38)20(16)25(21)36/h5-6,9,12-13,16,18,20,22-23,35,41H,10-11H2,1-4H3,(H2,31,40). The van der Waals surface area contributed by atoms with Crippen LogP contribution in [0.4, 0.5) is 5.69 Å². The van der Waals surface area contributed by atoms with Crippen molar-refractivity contribution in [2.24, 2.45) is 29.4 Å². The molecule has 212 valence electrons. The average Bonchev–Trinajstić information content (AvgIpc) is 2.90. The van der Waals surface area contributed by atoms with Gasteiger partial charge < -0.3 is 20.8 Å². The Bertz CT molecular complexity index is 1570. The SMILES string of the molecule is CN(C)c1cc(C#Cc2cccnc2)c(O)c2c1CC1CC3C(N(C)C)C(=O)C(C(N)=O)C(=O)C3(O)C(=O)C1C2=O. The Morgan fingerprint density at radius 3 is 2.41 bits per heavy atom. The first-order chi connectivity index (χ1) is 19.3. The monoisotopic (exact) mass is 558 g/mol. The van der Waals surface area contributed by atoms with Gasteiger partial charge in [-0.3, -0.25) is 33.9 Å². The molecule has 11 heteroatoms. The van der Waals surface area contributed by atoms with E-state index in [2.05, 4.69) is 16.8 Å². The Morgan fingerprint density at radius 1 is 1.12 bits per heavy atom. The number of nitrogens with zero attached hydrogens (tertiary/aromatic N) is 3. The van der Waals surface area contributed by atoms with Crippen LogP contribution in [0.15, 0.2) is 30.6 Å². The van der Waals surface area contributed by atoms with E-state index in [0.29, 0.717) is 16.8 Å². The number of carbonyl (C=O) groups is 5. The topological polar surface area (TPSA) is 171 Å². The number of aliphatic hydroxyl groups is 1. The lowest BCUT2D eigenvalue weighted by atomic mass is 9.52. The summed E-state index contributed by atoms with van der Waals surface area (Å²) in [6, 6.07) is 3.97. The molecule has 2 fully saturated rings. The largest absolute Gasteiger partial charge is 0.506 e. The lowest BCUT2D eigenvalue weighted by molar-refractivity contribution is -0.181. The quantitative estimate of drug-likeness (QED) is 0.336. The number of ketones is 4. The van der Waals surface area contributed by atoms with Crippen molar-refractivity contribution in [3.8, 4) is 17.6 Å². The van der Waals surface area contributed by atoms with E-state index in [1.807, 2.05) is 0 Å². The van der Waals surface area contributed by atoms with E-state index in [-0.39, 0.29) is 24.0 Å². The zero-order chi connectivity index (χ0) is 30.0. The summed E-state index contributed by atoms with van der Waals surface area (Å²) in [7, 11) is 6.64. The molecule has 2 saturated carbocycles. The fraction of sp³-hybridized carbons (Fsp3) is 0.400. The van der Waals surface area contributed by atoms with Crippen LogP contribution in [0.25, 0.3) is 0 Å². The number of phenols is 1. The molecule has 3 aliphatic carbocycles. The van der Waals surface area contributed by atoms with Gasteiger partial charge in [0, 0.05) is 43.7 Å². The second-order valence-electron chi connectivity index (χ2n) is 11.3. The smallest absolute Gasteiger partial charge is 0.235 e. The van der Waals surface area contributed by atoms with Crippen LogP contribution in [0.1, 0.15) is 33.5 Å². The molecule has 6 unspecified atom stereocenters. The van der Waals surface area contributed by atoms with Crippen molar-refractivity contribution < 1.29 is 34.2 Å². The number of Topliss-reactive ketones (excluding diaryl/α,β-unsaturated/α-hetero) is 4. The molecule has 0 bridgehead atoms. The summed E-state index contributed by atoms with van der Waals surface area (Å²) in [5, 5.41) is 23.0. The highest BCUT2D eigenvalue weighted by atomic mass is 16.3. The van der Waals surface area contributed by atoms with Gasteiger partial charge in [-0.1, -0.05) is 11.8 Å². The van der Waals surface area contributed by atoms with Gasteiger partial charge in [-0.2, -0.15) is 0 Å². The predicted molar refractivity (Wildman–Crippen MR) is 146 cm³/mol. The molecular formula is C30H30N4O7. The first-order valence-electron chi connectivity index (χ1n) is 13.1. The van der Waals surface area contributed by atoms with Gasteiger partial charge in [-0.25, -0.2) is 0 Å². The van der Waals surface area contributed by atoms with Crippen LogP contribution < -0.4 is 10.6 Å². The summed E-state index contributed by atoms with van der Waals surface area (Å²) >= 11 is 0. The molecule has 6 atom stereocenters. The number of hydrogen-bond donors (Lipinski definition) is 3. The number of primary amides is 1. The van der Waals surface area contributed by atoms with Crippen LogP contribution in [-0.4, -0.2) is 89.0 Å². The predicted octanol–water partition coefficient (Wildman–Crippen LogP) is -0.272. The summed E-state index contributed by atoms with van der Waals surface area (Å²) in [6.45, 7) is 0.